The predicted octanol–water partition coefficient (Wildman–Crippen LogP) is 6.03. The largest absolute Gasteiger partial charge is 0.494 e. The molecule has 3 rings (SSSR count). The van der Waals surface area contributed by atoms with Gasteiger partial charge >= 0.3 is 0 Å². The van der Waals surface area contributed by atoms with Crippen LogP contribution in [0.5, 0.6) is 5.75 Å². The van der Waals surface area contributed by atoms with E-state index >= 15 is 0 Å². The normalized spacial score (nSPS) is 11.0. The summed E-state index contributed by atoms with van der Waals surface area (Å²) in [5, 5.41) is 2.37. The number of thioether (sulfide) groups is 1. The monoisotopic (exact) mass is 351 g/mol. The molecule has 0 amide bonds. The van der Waals surface area contributed by atoms with Crippen molar-refractivity contribution in [1.29, 1.82) is 0 Å². The van der Waals surface area contributed by atoms with Crippen molar-refractivity contribution in [3.8, 4) is 5.75 Å². The van der Waals surface area contributed by atoms with Crippen LogP contribution in [0.25, 0.3) is 10.9 Å². The van der Waals surface area contributed by atoms with Crippen molar-refractivity contribution >= 4 is 22.7 Å². The van der Waals surface area contributed by atoms with Gasteiger partial charge in [0.15, 0.2) is 0 Å². The molecule has 2 aromatic carbocycles. The minimum Gasteiger partial charge on any atom is -0.494 e. The van der Waals surface area contributed by atoms with Crippen molar-refractivity contribution in [3.63, 3.8) is 0 Å². The third-order valence-corrected chi connectivity index (χ3v) is 5.26. The average molecular weight is 352 g/mol. The lowest BCUT2D eigenvalue weighted by Crippen LogP contribution is -1.99. The lowest BCUT2D eigenvalue weighted by atomic mass is 10.0. The van der Waals surface area contributed by atoms with Crippen molar-refractivity contribution in [2.75, 3.05) is 12.4 Å². The lowest BCUT2D eigenvalue weighted by Gasteiger charge is -2.10. The molecule has 1 heterocycles. The van der Waals surface area contributed by atoms with Crippen LogP contribution in [0.15, 0.2) is 47.5 Å². The Bertz CT molecular complexity index is 871. The van der Waals surface area contributed by atoms with Crippen LogP contribution in [0.2, 0.25) is 0 Å². The summed E-state index contributed by atoms with van der Waals surface area (Å²) in [6.45, 7) is 9.28. The Labute approximate surface area is 154 Å². The highest BCUT2D eigenvalue weighted by atomic mass is 32.2. The van der Waals surface area contributed by atoms with Crippen molar-refractivity contribution < 1.29 is 4.74 Å². The summed E-state index contributed by atoms with van der Waals surface area (Å²) < 4.78 is 5.79. The number of rotatable bonds is 6. The number of hydrogen-bond donors (Lipinski definition) is 0. The molecule has 0 aliphatic heterocycles. The summed E-state index contributed by atoms with van der Waals surface area (Å²) in [5.74, 6) is 1.95. The molecule has 130 valence electrons. The highest BCUT2D eigenvalue weighted by Gasteiger charge is 2.07. The maximum atomic E-state index is 5.79. The van der Waals surface area contributed by atoms with E-state index in [9.17, 15) is 0 Å². The summed E-state index contributed by atoms with van der Waals surface area (Å²) in [6, 6.07) is 14.9. The van der Waals surface area contributed by atoms with E-state index in [1.54, 1.807) is 0 Å². The number of aryl methyl sites for hydroxylation is 4. The first-order valence-electron chi connectivity index (χ1n) is 8.74. The summed E-state index contributed by atoms with van der Waals surface area (Å²) in [7, 11) is 0. The van der Waals surface area contributed by atoms with Gasteiger partial charge < -0.3 is 4.74 Å². The molecule has 3 aromatic rings. The summed E-state index contributed by atoms with van der Waals surface area (Å²) in [5.41, 5.74) is 6.23. The van der Waals surface area contributed by atoms with Gasteiger partial charge in [-0.3, -0.25) is 0 Å². The second kappa shape index (κ2) is 7.92. The van der Waals surface area contributed by atoms with Gasteiger partial charge in [-0.15, -0.1) is 11.8 Å². The second-order valence-corrected chi connectivity index (χ2v) is 7.73. The molecule has 0 fully saturated rings. The van der Waals surface area contributed by atoms with Crippen LogP contribution in [0.1, 0.15) is 28.7 Å². The summed E-state index contributed by atoms with van der Waals surface area (Å²) in [6.07, 6.45) is 1.00. The minimum atomic E-state index is 0.737. The Balaban J connectivity index is 1.57. The molecule has 1 aromatic heterocycles. The topological polar surface area (TPSA) is 22.1 Å². The van der Waals surface area contributed by atoms with E-state index in [0.29, 0.717) is 0 Å². The fourth-order valence-electron chi connectivity index (χ4n) is 2.95. The molecule has 0 bridgehead atoms. The predicted molar refractivity (Wildman–Crippen MR) is 108 cm³/mol. The molecule has 0 N–H and O–H groups in total. The summed E-state index contributed by atoms with van der Waals surface area (Å²) in [4.78, 5) is 4.86. The summed E-state index contributed by atoms with van der Waals surface area (Å²) >= 11 is 1.81. The lowest BCUT2D eigenvalue weighted by molar-refractivity contribution is 0.318. The minimum absolute atomic E-state index is 0.737. The Morgan fingerprint density at radius 3 is 2.40 bits per heavy atom. The molecule has 0 saturated heterocycles. The van der Waals surface area contributed by atoms with Gasteiger partial charge in [-0.25, -0.2) is 4.98 Å². The van der Waals surface area contributed by atoms with E-state index in [2.05, 4.69) is 58.0 Å². The zero-order chi connectivity index (χ0) is 17.8. The van der Waals surface area contributed by atoms with E-state index in [4.69, 9.17) is 9.72 Å². The fourth-order valence-corrected chi connectivity index (χ4v) is 3.84. The number of fused-ring (bicyclic) bond motifs is 1. The Morgan fingerprint density at radius 1 is 0.880 bits per heavy atom. The standard InChI is InChI=1S/C22H25NOS/c1-15-6-8-19(9-7-15)24-10-5-11-25-21-14-17(3)20-13-16(2)12-18(4)22(20)23-21/h6-9,12-14H,5,10-11H2,1-4H3. The van der Waals surface area contributed by atoms with Gasteiger partial charge in [0.25, 0.3) is 0 Å². The zero-order valence-electron chi connectivity index (χ0n) is 15.4. The van der Waals surface area contributed by atoms with Crippen molar-refractivity contribution in [1.82, 2.24) is 4.98 Å². The molecular weight excluding hydrogens is 326 g/mol. The van der Waals surface area contributed by atoms with E-state index in [1.165, 1.54) is 27.6 Å². The van der Waals surface area contributed by atoms with Crippen LogP contribution in [0.3, 0.4) is 0 Å². The molecule has 2 nitrogen and oxygen atoms in total. The molecule has 0 spiro atoms. The third-order valence-electron chi connectivity index (χ3n) is 4.26. The number of aromatic nitrogens is 1. The van der Waals surface area contributed by atoms with E-state index in [-0.39, 0.29) is 0 Å². The first-order chi connectivity index (χ1) is 12.0. The number of nitrogens with zero attached hydrogens (tertiary/aromatic N) is 1. The van der Waals surface area contributed by atoms with Crippen molar-refractivity contribution in [3.05, 3.63) is 64.7 Å². The van der Waals surface area contributed by atoms with E-state index < -0.39 is 0 Å². The number of pyridine rings is 1. The fraction of sp³-hybridized carbons (Fsp3) is 0.318. The van der Waals surface area contributed by atoms with Gasteiger partial charge in [0.1, 0.15) is 5.75 Å². The van der Waals surface area contributed by atoms with Crippen LogP contribution >= 0.6 is 11.8 Å². The Morgan fingerprint density at radius 2 is 1.64 bits per heavy atom. The maximum Gasteiger partial charge on any atom is 0.119 e. The second-order valence-electron chi connectivity index (χ2n) is 6.62. The van der Waals surface area contributed by atoms with Crippen LogP contribution in [0.4, 0.5) is 0 Å². The van der Waals surface area contributed by atoms with Crippen LogP contribution in [-0.2, 0) is 0 Å². The zero-order valence-corrected chi connectivity index (χ0v) is 16.2. The van der Waals surface area contributed by atoms with E-state index in [0.717, 1.165) is 35.1 Å². The van der Waals surface area contributed by atoms with Crippen LogP contribution in [-0.4, -0.2) is 17.3 Å². The highest BCUT2D eigenvalue weighted by molar-refractivity contribution is 7.99. The van der Waals surface area contributed by atoms with E-state index in [1.807, 2.05) is 23.9 Å². The molecule has 25 heavy (non-hydrogen) atoms. The van der Waals surface area contributed by atoms with Crippen LogP contribution in [0, 0.1) is 27.7 Å². The quantitative estimate of drug-likeness (QED) is 0.400. The molecule has 0 aliphatic rings. The van der Waals surface area contributed by atoms with Crippen LogP contribution < -0.4 is 4.74 Å². The molecule has 0 atom stereocenters. The molecule has 3 heteroatoms. The highest BCUT2D eigenvalue weighted by Crippen LogP contribution is 2.27. The van der Waals surface area contributed by atoms with Gasteiger partial charge in [-0.05, 0) is 69.5 Å². The molecular formula is C22H25NOS. The van der Waals surface area contributed by atoms with Gasteiger partial charge in [0.2, 0.25) is 0 Å². The first-order valence-corrected chi connectivity index (χ1v) is 9.72. The average Bonchev–Trinajstić information content (AvgIpc) is 2.57. The number of ether oxygens (including phenoxy) is 1. The number of hydrogen-bond acceptors (Lipinski definition) is 3. The van der Waals surface area contributed by atoms with Gasteiger partial charge in [0.05, 0.1) is 17.1 Å². The van der Waals surface area contributed by atoms with Gasteiger partial charge in [-0.1, -0.05) is 29.3 Å². The smallest absolute Gasteiger partial charge is 0.119 e. The van der Waals surface area contributed by atoms with Gasteiger partial charge in [-0.2, -0.15) is 0 Å². The van der Waals surface area contributed by atoms with Crippen molar-refractivity contribution in [2.24, 2.45) is 0 Å². The SMILES string of the molecule is Cc1ccc(OCCCSc2cc(C)c3cc(C)cc(C)c3n2)cc1. The molecule has 0 saturated carbocycles. The molecule has 0 unspecified atom stereocenters. The first kappa shape index (κ1) is 17.8. The van der Waals surface area contributed by atoms with Gasteiger partial charge in [0, 0.05) is 11.1 Å². The molecule has 0 aliphatic carbocycles. The maximum absolute atomic E-state index is 5.79. The van der Waals surface area contributed by atoms with Crippen molar-refractivity contribution in [2.45, 2.75) is 39.1 Å². The Kier molecular flexibility index (Phi) is 5.64. The molecule has 0 radical (unpaired) electrons. The Hall–Kier alpha value is -2.00. The number of benzene rings is 2. The third kappa shape index (κ3) is 4.55.